The molecular formula is C18H18ClNO2S2. The zero-order chi connectivity index (χ0) is 16.9. The van der Waals surface area contributed by atoms with Gasteiger partial charge in [-0.15, -0.1) is 23.5 Å². The van der Waals surface area contributed by atoms with E-state index < -0.39 is 0 Å². The van der Waals surface area contributed by atoms with Crippen LogP contribution in [0.25, 0.3) is 0 Å². The molecular weight excluding hydrogens is 362 g/mol. The third kappa shape index (κ3) is 4.21. The van der Waals surface area contributed by atoms with Gasteiger partial charge in [0.25, 0.3) is 5.91 Å². The summed E-state index contributed by atoms with van der Waals surface area (Å²) in [4.78, 5) is 12.4. The fourth-order valence-corrected chi connectivity index (χ4v) is 5.50. The van der Waals surface area contributed by atoms with Gasteiger partial charge < -0.3 is 10.1 Å². The van der Waals surface area contributed by atoms with Crippen molar-refractivity contribution >= 4 is 46.7 Å². The molecule has 1 amide bonds. The Morgan fingerprint density at radius 2 is 1.88 bits per heavy atom. The standard InChI is InChI=1S/C18H18ClNO2S2/c1-22-14-7-8-16(15(19)11-14)20-17(21)12-3-5-13(6-4-12)18-23-9-2-10-24-18/h3-8,11,18H,2,9-10H2,1H3,(H,20,21). The maximum Gasteiger partial charge on any atom is 0.255 e. The lowest BCUT2D eigenvalue weighted by molar-refractivity contribution is 0.102. The van der Waals surface area contributed by atoms with E-state index in [1.54, 1.807) is 25.3 Å². The SMILES string of the molecule is COc1ccc(NC(=O)c2ccc(C3SCCCS3)cc2)c(Cl)c1. The van der Waals surface area contributed by atoms with Crippen molar-refractivity contribution in [3.63, 3.8) is 0 Å². The van der Waals surface area contributed by atoms with Gasteiger partial charge in [0.15, 0.2) is 0 Å². The van der Waals surface area contributed by atoms with E-state index in [4.69, 9.17) is 16.3 Å². The summed E-state index contributed by atoms with van der Waals surface area (Å²) in [6.07, 6.45) is 1.27. The van der Waals surface area contributed by atoms with Crippen molar-refractivity contribution in [3.8, 4) is 5.75 Å². The van der Waals surface area contributed by atoms with E-state index in [1.165, 1.54) is 23.5 Å². The molecule has 6 heteroatoms. The summed E-state index contributed by atoms with van der Waals surface area (Å²) in [5.74, 6) is 2.90. The Balaban J connectivity index is 1.68. The molecule has 0 saturated carbocycles. The molecule has 2 aromatic carbocycles. The minimum absolute atomic E-state index is 0.169. The molecule has 0 unspecified atom stereocenters. The average Bonchev–Trinajstić information content (AvgIpc) is 2.64. The van der Waals surface area contributed by atoms with Gasteiger partial charge in [-0.05, 0) is 47.8 Å². The smallest absolute Gasteiger partial charge is 0.255 e. The van der Waals surface area contributed by atoms with Crippen molar-refractivity contribution in [3.05, 3.63) is 58.6 Å². The predicted molar refractivity (Wildman–Crippen MR) is 105 cm³/mol. The first kappa shape index (κ1) is 17.5. The van der Waals surface area contributed by atoms with Gasteiger partial charge in [-0.1, -0.05) is 23.7 Å². The molecule has 0 spiro atoms. The zero-order valence-electron chi connectivity index (χ0n) is 13.3. The van der Waals surface area contributed by atoms with E-state index in [0.717, 1.165) is 0 Å². The van der Waals surface area contributed by atoms with E-state index in [1.807, 2.05) is 47.8 Å². The van der Waals surface area contributed by atoms with Gasteiger partial charge >= 0.3 is 0 Å². The van der Waals surface area contributed by atoms with E-state index in [2.05, 4.69) is 5.32 Å². The summed E-state index contributed by atoms with van der Waals surface area (Å²) >= 11 is 10.1. The van der Waals surface area contributed by atoms with Gasteiger partial charge in [0.1, 0.15) is 5.75 Å². The number of amides is 1. The minimum atomic E-state index is -0.169. The van der Waals surface area contributed by atoms with Gasteiger partial charge in [-0.25, -0.2) is 0 Å². The van der Waals surface area contributed by atoms with Crippen molar-refractivity contribution in [2.75, 3.05) is 23.9 Å². The fraction of sp³-hybridized carbons (Fsp3) is 0.278. The van der Waals surface area contributed by atoms with Crippen LogP contribution in [0.2, 0.25) is 5.02 Å². The Morgan fingerprint density at radius 3 is 2.50 bits per heavy atom. The molecule has 2 aromatic rings. The fourth-order valence-electron chi connectivity index (χ4n) is 2.39. The van der Waals surface area contributed by atoms with Gasteiger partial charge in [0.05, 0.1) is 22.4 Å². The number of benzene rings is 2. The third-order valence-electron chi connectivity index (χ3n) is 3.70. The molecule has 24 heavy (non-hydrogen) atoms. The molecule has 0 radical (unpaired) electrons. The summed E-state index contributed by atoms with van der Waals surface area (Å²) in [5, 5.41) is 3.29. The summed E-state index contributed by atoms with van der Waals surface area (Å²) < 4.78 is 5.59. The molecule has 1 aliphatic rings. The highest BCUT2D eigenvalue weighted by molar-refractivity contribution is 8.16. The predicted octanol–water partition coefficient (Wildman–Crippen LogP) is 5.47. The van der Waals surface area contributed by atoms with Crippen LogP contribution in [0.3, 0.4) is 0 Å². The number of carbonyl (C=O) groups excluding carboxylic acids is 1. The highest BCUT2D eigenvalue weighted by atomic mass is 35.5. The second kappa shape index (κ2) is 8.19. The van der Waals surface area contributed by atoms with Crippen LogP contribution in [0.15, 0.2) is 42.5 Å². The number of halogens is 1. The molecule has 1 heterocycles. The lowest BCUT2D eigenvalue weighted by Gasteiger charge is -2.21. The number of rotatable bonds is 4. The number of ether oxygens (including phenoxy) is 1. The summed E-state index contributed by atoms with van der Waals surface area (Å²) in [7, 11) is 1.58. The van der Waals surface area contributed by atoms with Gasteiger partial charge in [-0.3, -0.25) is 4.79 Å². The van der Waals surface area contributed by atoms with Crippen LogP contribution < -0.4 is 10.1 Å². The number of hydrogen-bond donors (Lipinski definition) is 1. The molecule has 3 nitrogen and oxygen atoms in total. The minimum Gasteiger partial charge on any atom is -0.497 e. The lowest BCUT2D eigenvalue weighted by atomic mass is 10.1. The van der Waals surface area contributed by atoms with Crippen LogP contribution in [0, 0.1) is 0 Å². The normalized spacial score (nSPS) is 15.1. The molecule has 0 atom stereocenters. The lowest BCUT2D eigenvalue weighted by Crippen LogP contribution is -2.12. The van der Waals surface area contributed by atoms with E-state index in [0.29, 0.717) is 26.6 Å². The molecule has 1 fully saturated rings. The Labute approximate surface area is 155 Å². The van der Waals surface area contributed by atoms with Crippen LogP contribution in [0.4, 0.5) is 5.69 Å². The second-order valence-corrected chi connectivity index (χ2v) is 8.48. The van der Waals surface area contributed by atoms with Gasteiger partial charge in [0.2, 0.25) is 0 Å². The van der Waals surface area contributed by atoms with Gasteiger partial charge in [0, 0.05) is 11.6 Å². The maximum absolute atomic E-state index is 12.4. The topological polar surface area (TPSA) is 38.3 Å². The Morgan fingerprint density at radius 1 is 1.17 bits per heavy atom. The van der Waals surface area contributed by atoms with Crippen molar-refractivity contribution in [1.82, 2.24) is 0 Å². The van der Waals surface area contributed by atoms with Crippen LogP contribution in [0.1, 0.15) is 26.9 Å². The van der Waals surface area contributed by atoms with Crippen molar-refractivity contribution < 1.29 is 9.53 Å². The Bertz CT molecular complexity index is 715. The van der Waals surface area contributed by atoms with Crippen LogP contribution >= 0.6 is 35.1 Å². The molecule has 1 saturated heterocycles. The largest absolute Gasteiger partial charge is 0.497 e. The maximum atomic E-state index is 12.4. The first-order chi connectivity index (χ1) is 11.7. The highest BCUT2D eigenvalue weighted by Crippen LogP contribution is 2.43. The van der Waals surface area contributed by atoms with Crippen molar-refractivity contribution in [1.29, 1.82) is 0 Å². The summed E-state index contributed by atoms with van der Waals surface area (Å²) in [6, 6.07) is 13.0. The molecule has 3 rings (SSSR count). The molecule has 0 aromatic heterocycles. The summed E-state index contributed by atoms with van der Waals surface area (Å²) in [5.41, 5.74) is 2.46. The van der Waals surface area contributed by atoms with E-state index >= 15 is 0 Å². The number of thioether (sulfide) groups is 2. The molecule has 1 aliphatic heterocycles. The number of nitrogens with one attached hydrogen (secondary N) is 1. The summed E-state index contributed by atoms with van der Waals surface area (Å²) in [6.45, 7) is 0. The molecule has 1 N–H and O–H groups in total. The molecule has 0 aliphatic carbocycles. The number of anilines is 1. The van der Waals surface area contributed by atoms with Crippen LogP contribution in [-0.4, -0.2) is 24.5 Å². The zero-order valence-corrected chi connectivity index (χ0v) is 15.6. The number of hydrogen-bond acceptors (Lipinski definition) is 4. The van der Waals surface area contributed by atoms with Crippen molar-refractivity contribution in [2.24, 2.45) is 0 Å². The highest BCUT2D eigenvalue weighted by Gasteiger charge is 2.17. The number of carbonyl (C=O) groups is 1. The van der Waals surface area contributed by atoms with Crippen LogP contribution in [0.5, 0.6) is 5.75 Å². The Hall–Kier alpha value is -1.30. The van der Waals surface area contributed by atoms with E-state index in [-0.39, 0.29) is 5.91 Å². The average molecular weight is 380 g/mol. The second-order valence-electron chi connectivity index (χ2n) is 5.35. The Kier molecular flexibility index (Phi) is 5.98. The van der Waals surface area contributed by atoms with Crippen LogP contribution in [-0.2, 0) is 0 Å². The molecule has 0 bridgehead atoms. The van der Waals surface area contributed by atoms with Gasteiger partial charge in [-0.2, -0.15) is 0 Å². The molecule has 126 valence electrons. The quantitative estimate of drug-likeness (QED) is 0.764. The first-order valence-electron chi connectivity index (χ1n) is 7.65. The number of methoxy groups -OCH3 is 1. The third-order valence-corrected chi connectivity index (χ3v) is 7.02. The monoisotopic (exact) mass is 379 g/mol. The van der Waals surface area contributed by atoms with Crippen molar-refractivity contribution in [2.45, 2.75) is 11.0 Å². The van der Waals surface area contributed by atoms with E-state index in [9.17, 15) is 4.79 Å². The first-order valence-corrected chi connectivity index (χ1v) is 10.1.